The molecule has 2 atom stereocenters. The Hall–Kier alpha value is -2.69. The normalized spacial score (nSPS) is 32.6. The number of nitriles is 1. The van der Waals surface area contributed by atoms with Crippen LogP contribution in [0.3, 0.4) is 0 Å². The highest BCUT2D eigenvalue weighted by atomic mass is 19.1. The monoisotopic (exact) mass is 416 g/mol. The topological polar surface area (TPSA) is 100 Å². The molecule has 0 radical (unpaired) electrons. The molecule has 4 aliphatic rings. The van der Waals surface area contributed by atoms with E-state index in [1.807, 2.05) is 6.19 Å². The maximum atomic E-state index is 14.1. The average Bonchev–Trinajstić information content (AvgIpc) is 2.65. The van der Waals surface area contributed by atoms with E-state index in [0.717, 1.165) is 44.2 Å². The molecule has 4 bridgehead atoms. The lowest BCUT2D eigenvalue weighted by Crippen LogP contribution is -2.58. The number of primary amides is 1. The lowest BCUT2D eigenvalue weighted by molar-refractivity contribution is -0.144. The minimum atomic E-state index is -1.15. The lowest BCUT2D eigenvalue weighted by Gasteiger charge is -2.57. The molecule has 4 fully saturated rings. The van der Waals surface area contributed by atoms with Crippen LogP contribution in [0.5, 0.6) is 5.75 Å². The van der Waals surface area contributed by atoms with E-state index in [0.29, 0.717) is 11.8 Å². The first-order chi connectivity index (χ1) is 14.1. The van der Waals surface area contributed by atoms with Crippen molar-refractivity contribution in [1.82, 2.24) is 5.32 Å². The van der Waals surface area contributed by atoms with E-state index in [-0.39, 0.29) is 29.5 Å². The van der Waals surface area contributed by atoms with Gasteiger partial charge in [-0.3, -0.25) is 15.1 Å². The first kappa shape index (κ1) is 20.6. The van der Waals surface area contributed by atoms with Crippen LogP contribution in [0.4, 0.5) is 8.78 Å². The molecule has 1 amide bonds. The number of hydrogen-bond acceptors (Lipinski definition) is 4. The number of benzene rings is 1. The van der Waals surface area contributed by atoms with E-state index in [1.165, 1.54) is 6.07 Å². The highest BCUT2D eigenvalue weighted by Gasteiger charge is 2.58. The molecule has 2 unspecified atom stereocenters. The van der Waals surface area contributed by atoms with Crippen LogP contribution >= 0.6 is 0 Å². The molecule has 160 valence electrons. The Morgan fingerprint density at radius 1 is 1.30 bits per heavy atom. The summed E-state index contributed by atoms with van der Waals surface area (Å²) >= 11 is 0. The third-order valence-electron chi connectivity index (χ3n) is 7.03. The van der Waals surface area contributed by atoms with Gasteiger partial charge in [0.1, 0.15) is 5.82 Å². The molecule has 0 spiro atoms. The average molecular weight is 416 g/mol. The van der Waals surface area contributed by atoms with E-state index >= 15 is 0 Å². The zero-order valence-electron chi connectivity index (χ0n) is 17.1. The highest BCUT2D eigenvalue weighted by molar-refractivity contribution is 5.91. The van der Waals surface area contributed by atoms with Crippen molar-refractivity contribution in [3.63, 3.8) is 0 Å². The number of aliphatic imine (C=N–C) groups is 1. The van der Waals surface area contributed by atoms with Gasteiger partial charge in [-0.1, -0.05) is 0 Å². The Morgan fingerprint density at radius 2 is 1.97 bits per heavy atom. The van der Waals surface area contributed by atoms with Crippen LogP contribution in [-0.2, 0) is 4.79 Å². The van der Waals surface area contributed by atoms with E-state index in [9.17, 15) is 18.8 Å². The number of nitrogens with one attached hydrogen (secondary N) is 1. The van der Waals surface area contributed by atoms with Gasteiger partial charge in [0.15, 0.2) is 29.2 Å². The summed E-state index contributed by atoms with van der Waals surface area (Å²) < 4.78 is 33.1. The van der Waals surface area contributed by atoms with Crippen molar-refractivity contribution in [2.75, 3.05) is 0 Å². The summed E-state index contributed by atoms with van der Waals surface area (Å²) in [5, 5.41) is 11.9. The van der Waals surface area contributed by atoms with Crippen molar-refractivity contribution in [1.29, 1.82) is 5.26 Å². The first-order valence-electron chi connectivity index (χ1n) is 10.3. The number of hydrogen-bond donors (Lipinski definition) is 2. The predicted octanol–water partition coefficient (Wildman–Crippen LogP) is 3.27. The molecule has 0 heterocycles. The van der Waals surface area contributed by atoms with Gasteiger partial charge < -0.3 is 10.5 Å². The minimum Gasteiger partial charge on any atom is -0.477 e. The fourth-order valence-electron chi connectivity index (χ4n) is 5.93. The maximum absolute atomic E-state index is 14.1. The zero-order chi connectivity index (χ0) is 21.7. The zero-order valence-corrected chi connectivity index (χ0v) is 17.1. The Bertz CT molecular complexity index is 924. The quantitative estimate of drug-likeness (QED) is 0.333. The van der Waals surface area contributed by atoms with Crippen molar-refractivity contribution in [3.05, 3.63) is 29.8 Å². The van der Waals surface area contributed by atoms with Crippen LogP contribution < -0.4 is 15.8 Å². The summed E-state index contributed by atoms with van der Waals surface area (Å²) in [7, 11) is 0. The van der Waals surface area contributed by atoms with Gasteiger partial charge in [0, 0.05) is 11.5 Å². The molecule has 0 aromatic heterocycles. The van der Waals surface area contributed by atoms with Gasteiger partial charge in [0.25, 0.3) is 0 Å². The van der Waals surface area contributed by atoms with Gasteiger partial charge >= 0.3 is 0 Å². The second-order valence-electron chi connectivity index (χ2n) is 9.51. The number of carbonyl (C=O) groups excluding carboxylic acids is 1. The lowest BCUT2D eigenvalue weighted by atomic mass is 9.48. The van der Waals surface area contributed by atoms with Crippen LogP contribution in [0.2, 0.25) is 0 Å². The smallest absolute Gasteiger partial charge is 0.223 e. The van der Waals surface area contributed by atoms with Crippen LogP contribution in [0.15, 0.2) is 23.2 Å². The van der Waals surface area contributed by atoms with Crippen molar-refractivity contribution < 1.29 is 18.3 Å². The number of amidine groups is 1. The summed E-state index contributed by atoms with van der Waals surface area (Å²) in [6.07, 6.45) is 6.19. The number of ether oxygens (including phenoxy) is 1. The number of rotatable bonds is 5. The number of nitrogens with zero attached hydrogens (tertiary/aromatic N) is 2. The van der Waals surface area contributed by atoms with E-state index in [1.54, 1.807) is 13.8 Å². The van der Waals surface area contributed by atoms with Crippen molar-refractivity contribution in [2.24, 2.45) is 33.9 Å². The van der Waals surface area contributed by atoms with E-state index in [2.05, 4.69) is 5.32 Å². The highest BCUT2D eigenvalue weighted by Crippen LogP contribution is 2.60. The predicted molar refractivity (Wildman–Crippen MR) is 106 cm³/mol. The fourth-order valence-corrected chi connectivity index (χ4v) is 5.93. The first-order valence-corrected chi connectivity index (χ1v) is 10.3. The Balaban J connectivity index is 1.61. The second-order valence-corrected chi connectivity index (χ2v) is 9.51. The van der Waals surface area contributed by atoms with E-state index in [4.69, 9.17) is 15.5 Å². The number of nitrogens with two attached hydrogens (primary N) is 1. The Labute approximate surface area is 174 Å². The molecule has 8 heteroatoms. The molecule has 4 aliphatic carbocycles. The van der Waals surface area contributed by atoms with Crippen molar-refractivity contribution >= 4 is 11.7 Å². The molecular formula is C22H26F2N4O2. The largest absolute Gasteiger partial charge is 0.477 e. The third kappa shape index (κ3) is 3.51. The fraction of sp³-hybridized carbons (Fsp3) is 0.591. The SMILES string of the molecule is CC(C)(Oc1ccc(F)cc1F)C(=NC1C2CC3CC1CC(C(N)=O)(C3)C2)NC#N. The van der Waals surface area contributed by atoms with Crippen molar-refractivity contribution in [2.45, 2.75) is 57.6 Å². The van der Waals surface area contributed by atoms with Gasteiger partial charge in [-0.2, -0.15) is 5.26 Å². The number of amides is 1. The minimum absolute atomic E-state index is 0.0502. The molecule has 0 aliphatic heterocycles. The van der Waals surface area contributed by atoms with Crippen LogP contribution in [0, 0.1) is 46.3 Å². The Kier molecular flexibility index (Phi) is 4.95. The molecule has 3 N–H and O–H groups in total. The maximum Gasteiger partial charge on any atom is 0.223 e. The Morgan fingerprint density at radius 3 is 2.53 bits per heavy atom. The molecular weight excluding hydrogens is 390 g/mol. The molecule has 4 saturated carbocycles. The molecule has 6 nitrogen and oxygen atoms in total. The van der Waals surface area contributed by atoms with Gasteiger partial charge in [-0.25, -0.2) is 8.78 Å². The van der Waals surface area contributed by atoms with Crippen LogP contribution in [0.1, 0.15) is 46.0 Å². The van der Waals surface area contributed by atoms with E-state index < -0.39 is 22.7 Å². The number of halogens is 2. The van der Waals surface area contributed by atoms with Gasteiger partial charge in [-0.15, -0.1) is 0 Å². The van der Waals surface area contributed by atoms with Gasteiger partial charge in [0.05, 0.1) is 6.04 Å². The molecule has 30 heavy (non-hydrogen) atoms. The molecule has 1 aromatic rings. The molecule has 5 rings (SSSR count). The van der Waals surface area contributed by atoms with Gasteiger partial charge in [0.2, 0.25) is 5.91 Å². The van der Waals surface area contributed by atoms with Crippen LogP contribution in [-0.4, -0.2) is 23.4 Å². The standard InChI is InChI=1S/C22H26F2N4O2/c1-21(2,30-17-4-3-15(23)7-16(17)24)20(27-11-25)28-18-13-5-12-6-14(18)10-22(8-12,9-13)19(26)29/h3-4,7,12-14,18H,5-6,8-10H2,1-2H3,(H2,26,29)(H,27,28). The van der Waals surface area contributed by atoms with Crippen LogP contribution in [0.25, 0.3) is 0 Å². The summed E-state index contributed by atoms with van der Waals surface area (Å²) in [6, 6.07) is 3.03. The summed E-state index contributed by atoms with van der Waals surface area (Å²) in [4.78, 5) is 17.0. The third-order valence-corrected chi connectivity index (χ3v) is 7.03. The summed E-state index contributed by atoms with van der Waals surface area (Å²) in [5.74, 6) is -0.626. The van der Waals surface area contributed by atoms with Crippen molar-refractivity contribution in [3.8, 4) is 11.9 Å². The van der Waals surface area contributed by atoms with Gasteiger partial charge in [-0.05, 0) is 75.8 Å². The summed E-state index contributed by atoms with van der Waals surface area (Å²) in [6.45, 7) is 3.36. The molecule has 0 saturated heterocycles. The molecule has 1 aromatic carbocycles. The second kappa shape index (κ2) is 7.22. The number of carbonyl (C=O) groups is 1. The summed E-state index contributed by atoms with van der Waals surface area (Å²) in [5.41, 5.74) is 4.18.